The summed E-state index contributed by atoms with van der Waals surface area (Å²) >= 11 is 0. The van der Waals surface area contributed by atoms with E-state index in [0.717, 1.165) is 32.1 Å². The Kier molecular flexibility index (Phi) is 7.21. The highest BCUT2D eigenvalue weighted by Crippen LogP contribution is 2.29. The third-order valence-electron chi connectivity index (χ3n) is 5.05. The first-order valence-corrected chi connectivity index (χ1v) is 10.4. The lowest BCUT2D eigenvalue weighted by atomic mass is 9.88. The van der Waals surface area contributed by atoms with Crippen molar-refractivity contribution in [2.24, 2.45) is 5.92 Å². The third kappa shape index (κ3) is 4.69. The van der Waals surface area contributed by atoms with Crippen LogP contribution in [0, 0.1) is 5.92 Å². The van der Waals surface area contributed by atoms with E-state index >= 15 is 0 Å². The molecule has 1 heterocycles. The maximum Gasteiger partial charge on any atom is 0.361 e. The molecular weight excluding hydrogens is 386 g/mol. The summed E-state index contributed by atoms with van der Waals surface area (Å²) in [6.45, 7) is 3.65. The molecule has 1 aromatic carbocycles. The number of benzene rings is 1. The molecule has 8 heteroatoms. The van der Waals surface area contributed by atoms with Gasteiger partial charge in [0.25, 0.3) is 0 Å². The number of rotatable bonds is 7. The third-order valence-corrected chi connectivity index (χ3v) is 5.05. The van der Waals surface area contributed by atoms with E-state index in [1.165, 1.54) is 4.68 Å². The largest absolute Gasteiger partial charge is 0.461 e. The smallest absolute Gasteiger partial charge is 0.361 e. The van der Waals surface area contributed by atoms with E-state index < -0.39 is 11.9 Å². The van der Waals surface area contributed by atoms with Crippen LogP contribution in [0.15, 0.2) is 30.3 Å². The van der Waals surface area contributed by atoms with E-state index in [4.69, 9.17) is 9.47 Å². The summed E-state index contributed by atoms with van der Waals surface area (Å²) in [5.74, 6) is -1.78. The zero-order chi connectivity index (χ0) is 21.5. The molecule has 0 saturated heterocycles. The monoisotopic (exact) mass is 413 g/mol. The summed E-state index contributed by atoms with van der Waals surface area (Å²) in [5.41, 5.74) is 0.471. The van der Waals surface area contributed by atoms with Crippen molar-refractivity contribution in [1.82, 2.24) is 9.78 Å². The van der Waals surface area contributed by atoms with Crippen LogP contribution in [0.3, 0.4) is 0 Å². The van der Waals surface area contributed by atoms with Crippen molar-refractivity contribution in [1.29, 1.82) is 0 Å². The Morgan fingerprint density at radius 3 is 2.27 bits per heavy atom. The van der Waals surface area contributed by atoms with E-state index in [1.54, 1.807) is 38.1 Å². The van der Waals surface area contributed by atoms with Gasteiger partial charge in [-0.05, 0) is 38.8 Å². The molecule has 1 aromatic heterocycles. The number of carbonyl (C=O) groups excluding carboxylic acids is 3. The van der Waals surface area contributed by atoms with E-state index in [0.29, 0.717) is 5.69 Å². The number of esters is 2. The second-order valence-electron chi connectivity index (χ2n) is 7.08. The molecule has 0 atom stereocenters. The highest BCUT2D eigenvalue weighted by molar-refractivity contribution is 6.08. The number of carbonyl (C=O) groups is 3. The predicted octanol–water partition coefficient (Wildman–Crippen LogP) is 3.74. The van der Waals surface area contributed by atoms with E-state index in [1.807, 2.05) is 6.07 Å². The van der Waals surface area contributed by atoms with Gasteiger partial charge in [0.15, 0.2) is 11.4 Å². The van der Waals surface area contributed by atoms with Gasteiger partial charge >= 0.3 is 11.9 Å². The fourth-order valence-electron chi connectivity index (χ4n) is 3.61. The molecule has 3 rings (SSSR count). The van der Waals surface area contributed by atoms with Crippen molar-refractivity contribution in [3.05, 3.63) is 41.7 Å². The number of nitrogens with one attached hydrogen (secondary N) is 1. The number of ether oxygens (including phenoxy) is 2. The predicted molar refractivity (Wildman–Crippen MR) is 111 cm³/mol. The van der Waals surface area contributed by atoms with E-state index in [2.05, 4.69) is 10.4 Å². The minimum absolute atomic E-state index is 0.00439. The lowest BCUT2D eigenvalue weighted by molar-refractivity contribution is -0.120. The number of hydrogen-bond donors (Lipinski definition) is 1. The fourth-order valence-corrected chi connectivity index (χ4v) is 3.61. The molecule has 0 bridgehead atoms. The summed E-state index contributed by atoms with van der Waals surface area (Å²) in [5, 5.41) is 7.12. The molecule has 2 aromatic rings. The number of nitrogens with zero attached hydrogens (tertiary/aromatic N) is 2. The van der Waals surface area contributed by atoms with Crippen molar-refractivity contribution in [2.45, 2.75) is 46.0 Å². The molecule has 1 aliphatic carbocycles. The number of para-hydroxylation sites is 1. The van der Waals surface area contributed by atoms with Crippen molar-refractivity contribution >= 4 is 23.5 Å². The number of anilines is 1. The Hall–Kier alpha value is -3.16. The maximum atomic E-state index is 12.9. The van der Waals surface area contributed by atoms with Gasteiger partial charge in [-0.3, -0.25) is 4.79 Å². The van der Waals surface area contributed by atoms with Crippen LogP contribution in [-0.2, 0) is 14.3 Å². The summed E-state index contributed by atoms with van der Waals surface area (Å²) in [6, 6.07) is 8.90. The van der Waals surface area contributed by atoms with Gasteiger partial charge in [-0.15, -0.1) is 0 Å². The number of hydrogen-bond acceptors (Lipinski definition) is 6. The van der Waals surface area contributed by atoms with Gasteiger partial charge in [0.1, 0.15) is 5.69 Å². The molecule has 0 unspecified atom stereocenters. The zero-order valence-corrected chi connectivity index (χ0v) is 17.3. The van der Waals surface area contributed by atoms with Gasteiger partial charge in [-0.1, -0.05) is 37.5 Å². The molecular formula is C22H27N3O5. The van der Waals surface area contributed by atoms with Crippen LogP contribution in [-0.4, -0.2) is 40.8 Å². The average Bonchev–Trinajstić information content (AvgIpc) is 3.14. The molecule has 30 heavy (non-hydrogen) atoms. The Labute approximate surface area is 175 Å². The number of aromatic nitrogens is 2. The summed E-state index contributed by atoms with van der Waals surface area (Å²) < 4.78 is 11.6. The minimum Gasteiger partial charge on any atom is -0.461 e. The molecule has 1 amide bonds. The van der Waals surface area contributed by atoms with Crippen LogP contribution < -0.4 is 5.32 Å². The standard InChI is InChI=1S/C22H27N3O5/c1-3-29-21(27)18-17(23-20(26)15-11-7-5-8-12-15)19(22(28)30-4-2)25(24-18)16-13-9-6-10-14-16/h6,9-10,13-15H,3-5,7-8,11-12H2,1-2H3,(H,23,26). The van der Waals surface area contributed by atoms with Gasteiger partial charge in [0.05, 0.1) is 18.9 Å². The molecule has 8 nitrogen and oxygen atoms in total. The fraction of sp³-hybridized carbons (Fsp3) is 0.455. The lowest BCUT2D eigenvalue weighted by Crippen LogP contribution is -2.26. The number of amides is 1. The van der Waals surface area contributed by atoms with Crippen molar-refractivity contribution < 1.29 is 23.9 Å². The van der Waals surface area contributed by atoms with Crippen LogP contribution in [0.25, 0.3) is 5.69 Å². The van der Waals surface area contributed by atoms with Crippen molar-refractivity contribution in [2.75, 3.05) is 18.5 Å². The van der Waals surface area contributed by atoms with Gasteiger partial charge in [-0.2, -0.15) is 5.10 Å². The Morgan fingerprint density at radius 1 is 1.00 bits per heavy atom. The summed E-state index contributed by atoms with van der Waals surface area (Å²) in [4.78, 5) is 38.4. The van der Waals surface area contributed by atoms with E-state index in [9.17, 15) is 14.4 Å². The molecule has 0 spiro atoms. The second kappa shape index (κ2) is 10.0. The topological polar surface area (TPSA) is 99.5 Å². The Balaban J connectivity index is 2.10. The highest BCUT2D eigenvalue weighted by atomic mass is 16.5. The summed E-state index contributed by atoms with van der Waals surface area (Å²) in [6.07, 6.45) is 4.63. The van der Waals surface area contributed by atoms with E-state index in [-0.39, 0.29) is 42.1 Å². The van der Waals surface area contributed by atoms with Crippen LogP contribution >= 0.6 is 0 Å². The zero-order valence-electron chi connectivity index (χ0n) is 17.3. The van der Waals surface area contributed by atoms with Crippen molar-refractivity contribution in [3.8, 4) is 5.69 Å². The quantitative estimate of drug-likeness (QED) is 0.694. The first-order valence-electron chi connectivity index (χ1n) is 10.4. The highest BCUT2D eigenvalue weighted by Gasteiger charge is 2.32. The molecule has 0 aliphatic heterocycles. The molecule has 1 fully saturated rings. The van der Waals surface area contributed by atoms with Gasteiger partial charge in [-0.25, -0.2) is 14.3 Å². The Bertz CT molecular complexity index is 901. The molecule has 1 N–H and O–H groups in total. The normalized spacial score (nSPS) is 14.2. The molecule has 1 saturated carbocycles. The SMILES string of the molecule is CCOC(=O)c1nn(-c2ccccc2)c(C(=O)OCC)c1NC(=O)C1CCCCC1. The maximum absolute atomic E-state index is 12.9. The molecule has 0 radical (unpaired) electrons. The molecule has 1 aliphatic rings. The van der Waals surface area contributed by atoms with Crippen LogP contribution in [0.1, 0.15) is 66.9 Å². The van der Waals surface area contributed by atoms with Crippen molar-refractivity contribution in [3.63, 3.8) is 0 Å². The van der Waals surface area contributed by atoms with Crippen LogP contribution in [0.5, 0.6) is 0 Å². The van der Waals surface area contributed by atoms with Gasteiger partial charge in [0, 0.05) is 5.92 Å². The summed E-state index contributed by atoms with van der Waals surface area (Å²) in [7, 11) is 0. The second-order valence-corrected chi connectivity index (χ2v) is 7.08. The minimum atomic E-state index is -0.711. The lowest BCUT2D eigenvalue weighted by Gasteiger charge is -2.21. The molecule has 160 valence electrons. The van der Waals surface area contributed by atoms with Gasteiger partial charge in [0.2, 0.25) is 5.91 Å². The first kappa shape index (κ1) is 21.5. The van der Waals surface area contributed by atoms with Crippen LogP contribution in [0.2, 0.25) is 0 Å². The first-order chi connectivity index (χ1) is 14.6. The Morgan fingerprint density at radius 2 is 1.63 bits per heavy atom. The van der Waals surface area contributed by atoms with Crippen LogP contribution in [0.4, 0.5) is 5.69 Å². The van der Waals surface area contributed by atoms with Gasteiger partial charge < -0.3 is 14.8 Å². The average molecular weight is 413 g/mol.